The van der Waals surface area contributed by atoms with Crippen LogP contribution in [0.1, 0.15) is 85.8 Å². The lowest BCUT2D eigenvalue weighted by molar-refractivity contribution is 0.00578. The number of nitrogen functional groups attached to an aromatic ring is 2. The number of hydrogen-bond acceptors (Lipinski definition) is 20. The van der Waals surface area contributed by atoms with Gasteiger partial charge in [0.15, 0.2) is 0 Å². The first-order valence-corrected chi connectivity index (χ1v) is 40.7. The second-order valence-corrected chi connectivity index (χ2v) is 32.3. The molecule has 0 aliphatic carbocycles. The predicted molar refractivity (Wildman–Crippen MR) is 481 cm³/mol. The molecule has 0 unspecified atom stereocenters. The maximum Gasteiger partial charge on any atom is 0.496 e. The fourth-order valence-corrected chi connectivity index (χ4v) is 13.9. The maximum absolute atomic E-state index is 5.97. The average Bonchev–Trinajstić information content (AvgIpc) is 1.54. The second-order valence-electron chi connectivity index (χ2n) is 31.4. The van der Waals surface area contributed by atoms with Gasteiger partial charge < -0.3 is 73.0 Å². The molecule has 0 saturated carbocycles. The van der Waals surface area contributed by atoms with Gasteiger partial charge in [-0.25, -0.2) is 24.9 Å². The van der Waals surface area contributed by atoms with E-state index in [9.17, 15) is 0 Å². The van der Waals surface area contributed by atoms with Crippen molar-refractivity contribution >= 4 is 102 Å². The normalized spacial score (nSPS) is 14.1. The van der Waals surface area contributed by atoms with Crippen molar-refractivity contribution in [2.75, 3.05) is 47.1 Å². The molecule has 7 N–H and O–H groups in total. The molecule has 11 aromatic heterocycles. The fourth-order valence-electron chi connectivity index (χ4n) is 13.6. The third kappa shape index (κ3) is 20.6. The van der Waals surface area contributed by atoms with E-state index in [1.807, 2.05) is 163 Å². The summed E-state index contributed by atoms with van der Waals surface area (Å²) in [6, 6.07) is 54.7. The van der Waals surface area contributed by atoms with Crippen LogP contribution >= 0.6 is 15.9 Å². The van der Waals surface area contributed by atoms with E-state index in [0.717, 1.165) is 169 Å². The van der Waals surface area contributed by atoms with Crippen LogP contribution < -0.4 is 38.3 Å². The van der Waals surface area contributed by atoms with Crippen molar-refractivity contribution in [1.29, 1.82) is 0 Å². The molecule has 13 heterocycles. The molecular weight excluding hydrogens is 1550 g/mol. The summed E-state index contributed by atoms with van der Waals surface area (Å²) >= 11 is 3.56. The first-order chi connectivity index (χ1) is 57.5. The predicted octanol–water partition coefficient (Wildman–Crippen LogP) is 19.2. The van der Waals surface area contributed by atoms with Gasteiger partial charge in [0.05, 0.1) is 110 Å². The van der Waals surface area contributed by atoms with Crippen molar-refractivity contribution in [3.05, 3.63) is 285 Å². The van der Waals surface area contributed by atoms with Gasteiger partial charge in [0.1, 0.15) is 28.9 Å². The number of halogens is 1. The molecule has 606 valence electrons. The molecule has 2 aliphatic heterocycles. The SMILES string of the molecule is Brc1ccc2ncc(-c3ccco3)c(NCCCn3ccnc3)c2c1.CC1(C)OB(c2ccc(N)nc2)OC1(C)C.Cc1ccc(-c2ccc3ncc(-c4ccco4)c(NCCCn4ccnc4)c3c2)cc1.Cc1ccc(B2OC(C)(C)C(C)(C)O2)cc1.Nc1ccc(-c2ccc3ncc(-c4ccco4)c(NCCCn4ccnc4)c3c2)cn1. The lowest BCUT2D eigenvalue weighted by Gasteiger charge is -2.32. The lowest BCUT2D eigenvalue weighted by Crippen LogP contribution is -2.41. The zero-order valence-electron chi connectivity index (χ0n) is 68.7. The zero-order chi connectivity index (χ0) is 83.1. The van der Waals surface area contributed by atoms with Gasteiger partial charge in [-0.15, -0.1) is 0 Å². The Morgan fingerprint density at radius 1 is 0.378 bits per heavy atom. The number of aryl methyl sites for hydroxylation is 5. The maximum atomic E-state index is 5.97. The van der Waals surface area contributed by atoms with Crippen LogP contribution in [-0.2, 0) is 38.3 Å². The first-order valence-electron chi connectivity index (χ1n) is 39.9. The van der Waals surface area contributed by atoms with E-state index in [4.69, 9.17) is 48.3 Å². The van der Waals surface area contributed by atoms with Gasteiger partial charge in [0.2, 0.25) is 0 Å². The minimum Gasteiger partial charge on any atom is -0.464 e. The second kappa shape index (κ2) is 37.4. The number of nitrogens with one attached hydrogen (secondary N) is 3. The highest BCUT2D eigenvalue weighted by molar-refractivity contribution is 9.10. The number of imidazole rings is 3. The number of benzene rings is 5. The van der Waals surface area contributed by atoms with Crippen molar-refractivity contribution in [2.45, 2.75) is 131 Å². The van der Waals surface area contributed by atoms with Gasteiger partial charge in [-0.3, -0.25) is 15.0 Å². The molecule has 18 rings (SSSR count). The van der Waals surface area contributed by atoms with Gasteiger partial charge >= 0.3 is 14.2 Å². The van der Waals surface area contributed by atoms with Crippen LogP contribution in [-0.4, -0.2) is 110 Å². The number of furan rings is 3. The summed E-state index contributed by atoms with van der Waals surface area (Å²) in [7, 11) is -0.608. The summed E-state index contributed by atoms with van der Waals surface area (Å²) in [6.45, 7) is 25.8. The Morgan fingerprint density at radius 2 is 0.731 bits per heavy atom. The van der Waals surface area contributed by atoms with Crippen molar-refractivity contribution in [3.63, 3.8) is 0 Å². The van der Waals surface area contributed by atoms with Crippen LogP contribution in [0.2, 0.25) is 0 Å². The third-order valence-electron chi connectivity index (χ3n) is 21.7. The summed E-state index contributed by atoms with van der Waals surface area (Å²) in [6.07, 6.45) is 34.0. The lowest BCUT2D eigenvalue weighted by atomic mass is 9.79. The molecule has 0 bridgehead atoms. The number of pyridine rings is 5. The molecule has 0 amide bonds. The molecule has 26 heteroatoms. The number of anilines is 5. The Bertz CT molecular complexity index is 5590. The van der Waals surface area contributed by atoms with E-state index in [1.165, 1.54) is 22.3 Å². The van der Waals surface area contributed by atoms with Gasteiger partial charge in [-0.1, -0.05) is 93.8 Å². The molecule has 0 radical (unpaired) electrons. The number of rotatable bonds is 22. The zero-order valence-corrected chi connectivity index (χ0v) is 70.3. The molecule has 23 nitrogen and oxygen atoms in total. The molecule has 119 heavy (non-hydrogen) atoms. The van der Waals surface area contributed by atoms with Crippen LogP contribution in [0.15, 0.2) is 287 Å². The van der Waals surface area contributed by atoms with E-state index in [-0.39, 0.29) is 36.6 Å². The summed E-state index contributed by atoms with van der Waals surface area (Å²) < 4.78 is 48.0. The highest BCUT2D eigenvalue weighted by Gasteiger charge is 2.53. The Balaban J connectivity index is 0.000000125. The van der Waals surface area contributed by atoms with E-state index in [0.29, 0.717) is 11.6 Å². The van der Waals surface area contributed by atoms with Gasteiger partial charge in [0, 0.05) is 139 Å². The van der Waals surface area contributed by atoms with Gasteiger partial charge in [-0.2, -0.15) is 0 Å². The smallest absolute Gasteiger partial charge is 0.464 e. The topological polar surface area (TPSA) is 282 Å². The molecule has 0 atom stereocenters. The van der Waals surface area contributed by atoms with Crippen molar-refractivity contribution < 1.29 is 31.9 Å². The first kappa shape index (κ1) is 83.1. The average molecular weight is 1650 g/mol. The van der Waals surface area contributed by atoms with E-state index in [2.05, 4.69) is 207 Å². The number of fused-ring (bicyclic) bond motifs is 3. The molecule has 0 spiro atoms. The molecule has 2 aliphatic rings. The molecule has 2 fully saturated rings. The molecular formula is C93H99B2BrN16O7. The highest BCUT2D eigenvalue weighted by Crippen LogP contribution is 2.42. The van der Waals surface area contributed by atoms with Gasteiger partial charge in [0.25, 0.3) is 0 Å². The van der Waals surface area contributed by atoms with Crippen LogP contribution in [0.5, 0.6) is 0 Å². The Labute approximate surface area is 702 Å². The fraction of sp³-hybridized carbons (Fsp3) is 0.247. The van der Waals surface area contributed by atoms with Crippen molar-refractivity contribution in [3.8, 4) is 56.2 Å². The number of hydrogen-bond donors (Lipinski definition) is 5. The molecule has 2 saturated heterocycles. The number of nitrogens with two attached hydrogens (primary N) is 2. The Kier molecular flexibility index (Phi) is 26.1. The standard InChI is InChI=1S/C26H24N4O.C24H22N6O.C19H17BrN4O.C13H19BO2.C11H17BN2O2/c1-19-5-7-20(8-6-19)21-9-10-24-22(16-21)26(23(17-29-24)25-4-2-15-31-25)28-11-3-13-30-14-12-27-18-30;25-23-7-5-18(14-29-23)17-4-6-21-19(13-17)24(20(15-28-21)22-3-1-12-31-22)27-8-2-10-30-11-9-26-16-30;20-14-4-5-17-15(11-14)19(16(12-23-17)18-3-1-10-25-18)22-6-2-8-24-9-7-21-13-24;1-10-6-8-11(9-7-10)14-15-12(2,3)13(4,5)16-14;1-10(2)11(3,4)16-12(15-10)8-5-6-9(13)14-7-8/h2,4-10,12,14-18H,3,11,13H2,1H3,(H,28,29);1,3-7,9,11-16H,2,8,10H2,(H2,25,29)(H,27,28);1,3-5,7,9-13H,2,6,8H2,(H,22,23);6-9H,1-5H3;5-7H,1-4H3,(H2,13,14). The van der Waals surface area contributed by atoms with Crippen LogP contribution in [0.3, 0.4) is 0 Å². The summed E-state index contributed by atoms with van der Waals surface area (Å²) in [4.78, 5) is 34.5. The van der Waals surface area contributed by atoms with Gasteiger partial charge in [-0.05, 0) is 208 Å². The van der Waals surface area contributed by atoms with Crippen LogP contribution in [0, 0.1) is 13.8 Å². The summed E-state index contributed by atoms with van der Waals surface area (Å²) in [5, 5.41) is 14.1. The third-order valence-corrected chi connectivity index (χ3v) is 22.2. The minimum absolute atomic E-state index is 0.245. The van der Waals surface area contributed by atoms with Crippen molar-refractivity contribution in [1.82, 2.24) is 53.6 Å². The minimum atomic E-state index is -0.363. The quantitative estimate of drug-likeness (QED) is 0.0311. The van der Waals surface area contributed by atoms with E-state index in [1.54, 1.807) is 49.6 Å². The monoisotopic (exact) mass is 1650 g/mol. The summed E-state index contributed by atoms with van der Waals surface area (Å²) in [5.74, 6) is 3.41. The number of aromatic nitrogens is 11. The largest absolute Gasteiger partial charge is 0.496 e. The Morgan fingerprint density at radius 3 is 1.10 bits per heavy atom. The molecule has 5 aromatic carbocycles. The van der Waals surface area contributed by atoms with Crippen molar-refractivity contribution in [2.24, 2.45) is 0 Å². The van der Waals surface area contributed by atoms with Crippen LogP contribution in [0.4, 0.5) is 28.7 Å². The highest BCUT2D eigenvalue weighted by atomic mass is 79.9. The van der Waals surface area contributed by atoms with E-state index >= 15 is 0 Å². The summed E-state index contributed by atoms with van der Waals surface area (Å²) in [5.41, 5.74) is 27.9. The van der Waals surface area contributed by atoms with E-state index < -0.39 is 0 Å². The Hall–Kier alpha value is -12.5. The molecule has 16 aromatic rings. The number of nitrogens with zero attached hydrogens (tertiary/aromatic N) is 11. The van der Waals surface area contributed by atoms with Crippen LogP contribution in [0.25, 0.3) is 88.9 Å².